The van der Waals surface area contributed by atoms with Gasteiger partial charge >= 0.3 is 0 Å². The summed E-state index contributed by atoms with van der Waals surface area (Å²) in [6, 6.07) is 3.35. The van der Waals surface area contributed by atoms with Gasteiger partial charge in [-0.2, -0.15) is 0 Å². The van der Waals surface area contributed by atoms with E-state index in [2.05, 4.69) is 20.5 Å². The molecule has 2 aromatic rings. The third kappa shape index (κ3) is 4.13. The molecule has 0 radical (unpaired) electrons. The maximum absolute atomic E-state index is 12.6. The zero-order chi connectivity index (χ0) is 18.7. The smallest absolute Gasteiger partial charge is 0.263 e. The molecule has 140 valence electrons. The van der Waals surface area contributed by atoms with Crippen molar-refractivity contribution in [3.63, 3.8) is 0 Å². The zero-order valence-electron chi connectivity index (χ0n) is 15.2. The van der Waals surface area contributed by atoms with Crippen molar-refractivity contribution >= 4 is 23.2 Å². The fourth-order valence-electron chi connectivity index (χ4n) is 3.34. The Balaban J connectivity index is 1.69. The Morgan fingerprint density at radius 1 is 1.42 bits per heavy atom. The molecule has 0 aromatic carbocycles. The minimum absolute atomic E-state index is 0.0133. The summed E-state index contributed by atoms with van der Waals surface area (Å²) in [5, 5.41) is 6.82. The average Bonchev–Trinajstić information content (AvgIpc) is 3.29. The summed E-state index contributed by atoms with van der Waals surface area (Å²) >= 11 is 1.39. The number of hydrogen-bond donors (Lipinski definition) is 2. The van der Waals surface area contributed by atoms with Gasteiger partial charge in [0.1, 0.15) is 10.6 Å². The highest BCUT2D eigenvalue weighted by atomic mass is 32.1. The minimum atomic E-state index is -0.283. The molecular formula is C18H24N4O3S. The number of carbonyl (C=O) groups excluding carboxylic acids is 2. The first-order valence-corrected chi connectivity index (χ1v) is 9.58. The van der Waals surface area contributed by atoms with E-state index in [-0.39, 0.29) is 23.9 Å². The highest BCUT2D eigenvalue weighted by Gasteiger charge is 2.37. The summed E-state index contributed by atoms with van der Waals surface area (Å²) in [5.74, 6) is 0.674. The molecule has 3 heterocycles. The first kappa shape index (κ1) is 18.6. The Hall–Kier alpha value is -2.19. The molecule has 2 aromatic heterocycles. The molecule has 2 atom stereocenters. The standard InChI is InChI=1S/C18H24N4O3S/c1-4-19-17(23)15-8-13(9-22(15)10-14-6-5-7-25-14)21-18(24)16-11(2)20-12(3)26-16/h5-7,13,15H,4,8-10H2,1-3H3,(H,19,23)(H,21,24)/t13-,15-/m0/s1. The van der Waals surface area contributed by atoms with Gasteiger partial charge in [-0.3, -0.25) is 14.5 Å². The van der Waals surface area contributed by atoms with Crippen LogP contribution in [0.4, 0.5) is 0 Å². The topological polar surface area (TPSA) is 87.5 Å². The average molecular weight is 376 g/mol. The van der Waals surface area contributed by atoms with Gasteiger partial charge in [-0.25, -0.2) is 4.98 Å². The number of aromatic nitrogens is 1. The quantitative estimate of drug-likeness (QED) is 0.804. The highest BCUT2D eigenvalue weighted by molar-refractivity contribution is 7.13. The van der Waals surface area contributed by atoms with Gasteiger partial charge in [-0.05, 0) is 39.3 Å². The first-order chi connectivity index (χ1) is 12.5. The van der Waals surface area contributed by atoms with Crippen molar-refractivity contribution in [2.24, 2.45) is 0 Å². The van der Waals surface area contributed by atoms with Gasteiger partial charge in [-0.15, -0.1) is 11.3 Å². The van der Waals surface area contributed by atoms with E-state index in [4.69, 9.17) is 4.42 Å². The van der Waals surface area contributed by atoms with Crippen LogP contribution in [0.3, 0.4) is 0 Å². The number of amides is 2. The van der Waals surface area contributed by atoms with Crippen LogP contribution in [-0.4, -0.2) is 46.9 Å². The molecule has 26 heavy (non-hydrogen) atoms. The van der Waals surface area contributed by atoms with E-state index in [1.807, 2.05) is 32.9 Å². The Morgan fingerprint density at radius 2 is 2.23 bits per heavy atom. The van der Waals surface area contributed by atoms with Crippen LogP contribution in [0, 0.1) is 13.8 Å². The second kappa shape index (κ2) is 8.01. The third-order valence-corrected chi connectivity index (χ3v) is 5.51. The van der Waals surface area contributed by atoms with Gasteiger partial charge in [0.05, 0.1) is 29.6 Å². The van der Waals surface area contributed by atoms with E-state index in [1.165, 1.54) is 11.3 Å². The van der Waals surface area contributed by atoms with Gasteiger partial charge in [-0.1, -0.05) is 0 Å². The van der Waals surface area contributed by atoms with E-state index in [0.717, 1.165) is 16.5 Å². The first-order valence-electron chi connectivity index (χ1n) is 8.77. The van der Waals surface area contributed by atoms with Crippen LogP contribution in [0.2, 0.25) is 0 Å². The summed E-state index contributed by atoms with van der Waals surface area (Å²) in [6.45, 7) is 7.36. The van der Waals surface area contributed by atoms with Gasteiger partial charge in [0.2, 0.25) is 5.91 Å². The molecule has 8 heteroatoms. The normalized spacial score (nSPS) is 20.3. The van der Waals surface area contributed by atoms with Crippen molar-refractivity contribution < 1.29 is 14.0 Å². The Bertz CT molecular complexity index is 772. The summed E-state index contributed by atoms with van der Waals surface area (Å²) in [6.07, 6.45) is 2.20. The minimum Gasteiger partial charge on any atom is -0.468 e. The Morgan fingerprint density at radius 3 is 2.85 bits per heavy atom. The van der Waals surface area contributed by atoms with E-state index in [1.54, 1.807) is 6.26 Å². The number of rotatable bonds is 6. The number of thiazole rings is 1. The van der Waals surface area contributed by atoms with Crippen molar-refractivity contribution in [1.29, 1.82) is 0 Å². The molecule has 1 aliphatic rings. The molecule has 0 aliphatic carbocycles. The van der Waals surface area contributed by atoms with Crippen LogP contribution in [0.5, 0.6) is 0 Å². The fraction of sp³-hybridized carbons (Fsp3) is 0.500. The molecule has 2 amide bonds. The predicted molar refractivity (Wildman–Crippen MR) is 99.0 cm³/mol. The number of nitrogens with one attached hydrogen (secondary N) is 2. The lowest BCUT2D eigenvalue weighted by atomic mass is 10.1. The van der Waals surface area contributed by atoms with E-state index < -0.39 is 0 Å². The zero-order valence-corrected chi connectivity index (χ0v) is 16.1. The van der Waals surface area contributed by atoms with Gasteiger partial charge in [0.15, 0.2) is 0 Å². The van der Waals surface area contributed by atoms with Crippen LogP contribution in [0.1, 0.15) is 39.5 Å². The largest absolute Gasteiger partial charge is 0.468 e. The van der Waals surface area contributed by atoms with Crippen molar-refractivity contribution in [2.75, 3.05) is 13.1 Å². The van der Waals surface area contributed by atoms with Crippen LogP contribution in [0.15, 0.2) is 22.8 Å². The van der Waals surface area contributed by atoms with E-state index in [0.29, 0.717) is 30.9 Å². The van der Waals surface area contributed by atoms with Crippen LogP contribution >= 0.6 is 11.3 Å². The number of likely N-dealkylation sites (N-methyl/N-ethyl adjacent to an activating group) is 1. The molecule has 0 spiro atoms. The maximum Gasteiger partial charge on any atom is 0.263 e. The third-order valence-electron chi connectivity index (χ3n) is 4.44. The number of aryl methyl sites for hydroxylation is 2. The highest BCUT2D eigenvalue weighted by Crippen LogP contribution is 2.23. The molecule has 0 bridgehead atoms. The van der Waals surface area contributed by atoms with Crippen LogP contribution in [-0.2, 0) is 11.3 Å². The van der Waals surface area contributed by atoms with Crippen molar-refractivity contribution in [3.8, 4) is 0 Å². The van der Waals surface area contributed by atoms with Crippen molar-refractivity contribution in [2.45, 2.75) is 45.8 Å². The lowest BCUT2D eigenvalue weighted by molar-refractivity contribution is -0.125. The second-order valence-corrected chi connectivity index (χ2v) is 7.68. The van der Waals surface area contributed by atoms with Gasteiger partial charge in [0, 0.05) is 19.1 Å². The summed E-state index contributed by atoms with van der Waals surface area (Å²) < 4.78 is 5.42. The van der Waals surface area contributed by atoms with E-state index >= 15 is 0 Å². The molecule has 2 N–H and O–H groups in total. The Labute approximate surface area is 156 Å². The summed E-state index contributed by atoms with van der Waals surface area (Å²) in [7, 11) is 0. The molecule has 1 saturated heterocycles. The van der Waals surface area contributed by atoms with Gasteiger partial charge < -0.3 is 15.1 Å². The predicted octanol–water partition coefficient (Wildman–Crippen LogP) is 1.86. The molecule has 7 nitrogen and oxygen atoms in total. The van der Waals surface area contributed by atoms with Crippen LogP contribution < -0.4 is 10.6 Å². The number of hydrogen-bond acceptors (Lipinski definition) is 6. The number of carbonyl (C=O) groups is 2. The summed E-state index contributed by atoms with van der Waals surface area (Å²) in [5.41, 5.74) is 0.746. The maximum atomic E-state index is 12.6. The molecule has 3 rings (SSSR count). The monoisotopic (exact) mass is 376 g/mol. The van der Waals surface area contributed by atoms with Gasteiger partial charge in [0.25, 0.3) is 5.91 Å². The number of nitrogens with zero attached hydrogens (tertiary/aromatic N) is 2. The van der Waals surface area contributed by atoms with E-state index in [9.17, 15) is 9.59 Å². The lowest BCUT2D eigenvalue weighted by Gasteiger charge is -2.22. The van der Waals surface area contributed by atoms with Crippen molar-refractivity contribution in [1.82, 2.24) is 20.5 Å². The van der Waals surface area contributed by atoms with Crippen molar-refractivity contribution in [3.05, 3.63) is 39.7 Å². The molecular weight excluding hydrogens is 352 g/mol. The number of likely N-dealkylation sites (tertiary alicyclic amines) is 1. The molecule has 0 saturated carbocycles. The fourth-order valence-corrected chi connectivity index (χ4v) is 4.17. The Kier molecular flexibility index (Phi) is 5.73. The lowest BCUT2D eigenvalue weighted by Crippen LogP contribution is -2.42. The SMILES string of the molecule is CCNC(=O)[C@@H]1C[C@H](NC(=O)c2sc(C)nc2C)CN1Cc1ccco1. The van der Waals surface area contributed by atoms with Crippen LogP contribution in [0.25, 0.3) is 0 Å². The number of furan rings is 1. The molecule has 0 unspecified atom stereocenters. The molecule has 1 aliphatic heterocycles. The summed E-state index contributed by atoms with van der Waals surface area (Å²) in [4.78, 5) is 32.0. The molecule has 1 fully saturated rings. The second-order valence-electron chi connectivity index (χ2n) is 6.47.